The lowest BCUT2D eigenvalue weighted by Gasteiger charge is -2.25. The summed E-state index contributed by atoms with van der Waals surface area (Å²) in [6.07, 6.45) is 0.947. The molecule has 0 radical (unpaired) electrons. The lowest BCUT2D eigenvalue weighted by Crippen LogP contribution is -2.44. The molecule has 1 aliphatic rings. The third kappa shape index (κ3) is 3.73. The molecule has 1 aromatic rings. The van der Waals surface area contributed by atoms with Gasteiger partial charge in [-0.15, -0.1) is 0 Å². The fraction of sp³-hybridized carbons (Fsp3) is 0.500. The number of amides is 1. The Labute approximate surface area is 140 Å². The van der Waals surface area contributed by atoms with Crippen molar-refractivity contribution in [2.45, 2.75) is 32.7 Å². The zero-order valence-corrected chi connectivity index (χ0v) is 14.2. The molecule has 0 N–H and O–H groups in total. The maximum absolute atomic E-state index is 12.5. The number of carbonyl (C=O) groups excluding carboxylic acids is 2. The van der Waals surface area contributed by atoms with E-state index in [1.165, 1.54) is 0 Å². The van der Waals surface area contributed by atoms with E-state index in [1.807, 2.05) is 6.92 Å². The molecule has 0 bridgehead atoms. The van der Waals surface area contributed by atoms with Crippen LogP contribution in [0.3, 0.4) is 0 Å². The first kappa shape index (κ1) is 17.1. The highest BCUT2D eigenvalue weighted by Gasteiger charge is 2.40. The zero-order chi connectivity index (χ0) is 16.3. The number of hydrogen-bond donors (Lipinski definition) is 0. The van der Waals surface area contributed by atoms with Crippen LogP contribution in [0.15, 0.2) is 18.2 Å². The Morgan fingerprint density at radius 3 is 2.73 bits per heavy atom. The van der Waals surface area contributed by atoms with E-state index in [9.17, 15) is 9.59 Å². The molecule has 1 saturated heterocycles. The van der Waals surface area contributed by atoms with Gasteiger partial charge in [-0.3, -0.25) is 4.79 Å². The topological polar surface area (TPSA) is 46.6 Å². The second-order valence-electron chi connectivity index (χ2n) is 5.46. The summed E-state index contributed by atoms with van der Waals surface area (Å²) in [6.45, 7) is 4.60. The monoisotopic (exact) mass is 343 g/mol. The number of likely N-dealkylation sites (tertiary alicyclic amines) is 1. The largest absolute Gasteiger partial charge is 0.464 e. The molecule has 2 atom stereocenters. The fourth-order valence-electron chi connectivity index (χ4n) is 2.74. The third-order valence-corrected chi connectivity index (χ3v) is 4.49. The quantitative estimate of drug-likeness (QED) is 0.787. The second-order valence-corrected chi connectivity index (χ2v) is 6.31. The van der Waals surface area contributed by atoms with Crippen molar-refractivity contribution in [1.29, 1.82) is 0 Å². The van der Waals surface area contributed by atoms with Gasteiger partial charge in [0.2, 0.25) is 5.91 Å². The number of halogens is 2. The molecule has 2 unspecified atom stereocenters. The van der Waals surface area contributed by atoms with Crippen molar-refractivity contribution in [2.75, 3.05) is 13.2 Å². The Balaban J connectivity index is 2.12. The first-order chi connectivity index (χ1) is 10.4. The van der Waals surface area contributed by atoms with Crippen LogP contribution in [0.25, 0.3) is 0 Å². The molecule has 0 saturated carbocycles. The van der Waals surface area contributed by atoms with Gasteiger partial charge in [0.1, 0.15) is 6.04 Å². The Hall–Kier alpha value is -1.26. The van der Waals surface area contributed by atoms with Gasteiger partial charge in [-0.05, 0) is 37.0 Å². The number of rotatable bonds is 4. The first-order valence-corrected chi connectivity index (χ1v) is 8.09. The molecule has 1 fully saturated rings. The average Bonchev–Trinajstić information content (AvgIpc) is 2.84. The minimum atomic E-state index is -0.501. The maximum Gasteiger partial charge on any atom is 0.329 e. The molecule has 1 aromatic carbocycles. The lowest BCUT2D eigenvalue weighted by molar-refractivity contribution is -0.154. The van der Waals surface area contributed by atoms with Gasteiger partial charge in [-0.1, -0.05) is 36.2 Å². The van der Waals surface area contributed by atoms with Crippen molar-refractivity contribution in [3.05, 3.63) is 33.8 Å². The predicted molar refractivity (Wildman–Crippen MR) is 86.1 cm³/mol. The van der Waals surface area contributed by atoms with Crippen molar-refractivity contribution in [2.24, 2.45) is 5.92 Å². The molecule has 1 aliphatic heterocycles. The normalized spacial score (nSPS) is 21.0. The highest BCUT2D eigenvalue weighted by atomic mass is 35.5. The van der Waals surface area contributed by atoms with Crippen molar-refractivity contribution >= 4 is 35.1 Å². The summed E-state index contributed by atoms with van der Waals surface area (Å²) in [5.41, 5.74) is 0.707. The van der Waals surface area contributed by atoms with Gasteiger partial charge < -0.3 is 9.64 Å². The van der Waals surface area contributed by atoms with Gasteiger partial charge in [0.05, 0.1) is 13.0 Å². The molecular weight excluding hydrogens is 325 g/mol. The van der Waals surface area contributed by atoms with Gasteiger partial charge in [-0.2, -0.15) is 0 Å². The van der Waals surface area contributed by atoms with E-state index in [2.05, 4.69) is 0 Å². The van der Waals surface area contributed by atoms with Crippen LogP contribution in [-0.2, 0) is 20.7 Å². The Morgan fingerprint density at radius 1 is 1.36 bits per heavy atom. The van der Waals surface area contributed by atoms with E-state index in [0.29, 0.717) is 28.8 Å². The van der Waals surface area contributed by atoms with E-state index in [0.717, 1.165) is 6.42 Å². The number of hydrogen-bond acceptors (Lipinski definition) is 3. The molecule has 2 rings (SSSR count). The van der Waals surface area contributed by atoms with Crippen molar-refractivity contribution in [1.82, 2.24) is 4.90 Å². The molecule has 0 spiro atoms. The van der Waals surface area contributed by atoms with Crippen LogP contribution in [0.1, 0.15) is 25.8 Å². The minimum Gasteiger partial charge on any atom is -0.464 e. The van der Waals surface area contributed by atoms with Gasteiger partial charge in [0.25, 0.3) is 0 Å². The first-order valence-electron chi connectivity index (χ1n) is 7.34. The van der Waals surface area contributed by atoms with Gasteiger partial charge in [0, 0.05) is 16.6 Å². The summed E-state index contributed by atoms with van der Waals surface area (Å²) < 4.78 is 5.09. The SMILES string of the molecule is CCOC(=O)C1C(C)CCN1C(=O)Cc1ccc(Cl)cc1Cl. The van der Waals surface area contributed by atoms with Gasteiger partial charge in [0.15, 0.2) is 0 Å². The highest BCUT2D eigenvalue weighted by Crippen LogP contribution is 2.27. The molecule has 0 aliphatic carbocycles. The Kier molecular flexibility index (Phi) is 5.70. The van der Waals surface area contributed by atoms with Crippen LogP contribution in [0.5, 0.6) is 0 Å². The minimum absolute atomic E-state index is 0.101. The van der Waals surface area contributed by atoms with Crippen molar-refractivity contribution in [3.8, 4) is 0 Å². The van der Waals surface area contributed by atoms with Crippen LogP contribution < -0.4 is 0 Å². The van der Waals surface area contributed by atoms with Crippen LogP contribution in [0, 0.1) is 5.92 Å². The third-order valence-electron chi connectivity index (χ3n) is 3.91. The molecule has 22 heavy (non-hydrogen) atoms. The smallest absolute Gasteiger partial charge is 0.329 e. The predicted octanol–water partition coefficient (Wildman–Crippen LogP) is 3.34. The van der Waals surface area contributed by atoms with E-state index in [-0.39, 0.29) is 24.2 Å². The van der Waals surface area contributed by atoms with Crippen LogP contribution in [0.4, 0.5) is 0 Å². The summed E-state index contributed by atoms with van der Waals surface area (Å²) in [6, 6.07) is 4.55. The molecule has 1 amide bonds. The number of benzene rings is 1. The summed E-state index contributed by atoms with van der Waals surface area (Å²) in [5.74, 6) is -0.349. The summed E-state index contributed by atoms with van der Waals surface area (Å²) in [7, 11) is 0. The van der Waals surface area contributed by atoms with Crippen LogP contribution >= 0.6 is 23.2 Å². The van der Waals surface area contributed by atoms with E-state index in [1.54, 1.807) is 30.0 Å². The van der Waals surface area contributed by atoms with Gasteiger partial charge >= 0.3 is 5.97 Å². The maximum atomic E-state index is 12.5. The highest BCUT2D eigenvalue weighted by molar-refractivity contribution is 6.35. The van der Waals surface area contributed by atoms with E-state index < -0.39 is 6.04 Å². The number of esters is 1. The molecule has 4 nitrogen and oxygen atoms in total. The van der Waals surface area contributed by atoms with Crippen molar-refractivity contribution < 1.29 is 14.3 Å². The lowest BCUT2D eigenvalue weighted by atomic mass is 10.0. The second kappa shape index (κ2) is 7.34. The summed E-state index contributed by atoms with van der Waals surface area (Å²) in [4.78, 5) is 26.2. The summed E-state index contributed by atoms with van der Waals surface area (Å²) in [5, 5.41) is 0.987. The Bertz CT molecular complexity index is 577. The zero-order valence-electron chi connectivity index (χ0n) is 12.6. The molecule has 0 aromatic heterocycles. The van der Waals surface area contributed by atoms with Crippen LogP contribution in [0.2, 0.25) is 10.0 Å². The summed E-state index contributed by atoms with van der Waals surface area (Å²) >= 11 is 12.0. The van der Waals surface area contributed by atoms with E-state index >= 15 is 0 Å². The molecular formula is C16H19Cl2NO3. The van der Waals surface area contributed by atoms with Gasteiger partial charge in [-0.25, -0.2) is 4.79 Å². The number of ether oxygens (including phenoxy) is 1. The Morgan fingerprint density at radius 2 is 2.09 bits per heavy atom. The van der Waals surface area contributed by atoms with Crippen molar-refractivity contribution in [3.63, 3.8) is 0 Å². The number of carbonyl (C=O) groups is 2. The average molecular weight is 344 g/mol. The standard InChI is InChI=1S/C16H19Cl2NO3/c1-3-22-16(21)15-10(2)6-7-19(15)14(20)8-11-4-5-12(17)9-13(11)18/h4-5,9-10,15H,3,6-8H2,1-2H3. The van der Waals surface area contributed by atoms with Crippen LogP contribution in [-0.4, -0.2) is 36.0 Å². The number of nitrogens with zero attached hydrogens (tertiary/aromatic N) is 1. The molecule has 1 heterocycles. The molecule has 120 valence electrons. The van der Waals surface area contributed by atoms with E-state index in [4.69, 9.17) is 27.9 Å². The molecule has 6 heteroatoms. The fourth-order valence-corrected chi connectivity index (χ4v) is 3.22.